The van der Waals surface area contributed by atoms with Crippen LogP contribution in [0, 0.1) is 5.82 Å². The lowest BCUT2D eigenvalue weighted by Crippen LogP contribution is -2.09. The first-order chi connectivity index (χ1) is 9.70. The number of fused-ring (bicyclic) bond motifs is 2. The van der Waals surface area contributed by atoms with Gasteiger partial charge in [0, 0.05) is 29.1 Å². The Labute approximate surface area is 115 Å². The number of H-pyrrole nitrogens is 1. The molecule has 0 atom stereocenters. The van der Waals surface area contributed by atoms with E-state index in [2.05, 4.69) is 22.1 Å². The maximum Gasteiger partial charge on any atom is 0.125 e. The summed E-state index contributed by atoms with van der Waals surface area (Å²) in [4.78, 5) is 7.44. The number of halogens is 1. The number of benzene rings is 2. The Hall–Kier alpha value is -2.62. The molecule has 1 aliphatic rings. The standard InChI is InChI=1S/C16H12FN3/c17-11-3-4-12-13(8-19-15(12)7-11)9-1-2-10-6-16(18)20-14(10)5-9/h1-5,7-8,19H,6H2,(H2,18,20). The summed E-state index contributed by atoms with van der Waals surface area (Å²) in [5.41, 5.74) is 10.7. The molecule has 0 amide bonds. The number of nitrogens with zero attached hydrogens (tertiary/aromatic N) is 1. The summed E-state index contributed by atoms with van der Waals surface area (Å²) >= 11 is 0. The number of hydrogen-bond acceptors (Lipinski definition) is 2. The number of amidine groups is 1. The zero-order valence-corrected chi connectivity index (χ0v) is 10.7. The van der Waals surface area contributed by atoms with Crippen molar-refractivity contribution in [2.75, 3.05) is 0 Å². The van der Waals surface area contributed by atoms with E-state index in [1.807, 2.05) is 12.3 Å². The lowest BCUT2D eigenvalue weighted by Gasteiger charge is -2.03. The van der Waals surface area contributed by atoms with Crippen LogP contribution in [0.3, 0.4) is 0 Å². The second-order valence-electron chi connectivity index (χ2n) is 5.02. The van der Waals surface area contributed by atoms with Crippen LogP contribution >= 0.6 is 0 Å². The van der Waals surface area contributed by atoms with Crippen molar-refractivity contribution >= 4 is 22.4 Å². The van der Waals surface area contributed by atoms with Gasteiger partial charge in [-0.2, -0.15) is 0 Å². The van der Waals surface area contributed by atoms with Crippen LogP contribution in [0.1, 0.15) is 5.56 Å². The Morgan fingerprint density at radius 1 is 1.15 bits per heavy atom. The van der Waals surface area contributed by atoms with Crippen LogP contribution in [-0.4, -0.2) is 10.8 Å². The molecule has 0 spiro atoms. The highest BCUT2D eigenvalue weighted by Crippen LogP contribution is 2.34. The van der Waals surface area contributed by atoms with Gasteiger partial charge in [0.15, 0.2) is 0 Å². The van der Waals surface area contributed by atoms with Crippen molar-refractivity contribution in [3.63, 3.8) is 0 Å². The molecule has 0 fully saturated rings. The van der Waals surface area contributed by atoms with Crippen LogP contribution < -0.4 is 5.73 Å². The summed E-state index contributed by atoms with van der Waals surface area (Å²) in [6.07, 6.45) is 2.61. The van der Waals surface area contributed by atoms with E-state index in [1.54, 1.807) is 6.07 Å². The van der Waals surface area contributed by atoms with Gasteiger partial charge < -0.3 is 10.7 Å². The minimum Gasteiger partial charge on any atom is -0.387 e. The lowest BCUT2D eigenvalue weighted by atomic mass is 10.0. The summed E-state index contributed by atoms with van der Waals surface area (Å²) in [5.74, 6) is 0.412. The third-order valence-electron chi connectivity index (χ3n) is 3.68. The van der Waals surface area contributed by atoms with Crippen molar-refractivity contribution < 1.29 is 4.39 Å². The van der Waals surface area contributed by atoms with Gasteiger partial charge in [0.25, 0.3) is 0 Å². The number of rotatable bonds is 1. The first-order valence-electron chi connectivity index (χ1n) is 6.44. The minimum absolute atomic E-state index is 0.239. The molecule has 3 nitrogen and oxygen atoms in total. The Morgan fingerprint density at radius 3 is 2.95 bits per heavy atom. The number of aliphatic imine (C=N–C) groups is 1. The summed E-state index contributed by atoms with van der Waals surface area (Å²) in [6, 6.07) is 10.9. The molecular formula is C16H12FN3. The molecule has 2 heterocycles. The molecule has 3 N–H and O–H groups in total. The van der Waals surface area contributed by atoms with Crippen LogP contribution in [0.25, 0.3) is 22.0 Å². The quantitative estimate of drug-likeness (QED) is 0.695. The predicted octanol–water partition coefficient (Wildman–Crippen LogP) is 3.52. The van der Waals surface area contributed by atoms with Crippen LogP contribution in [0.4, 0.5) is 10.1 Å². The van der Waals surface area contributed by atoms with Gasteiger partial charge >= 0.3 is 0 Å². The maximum absolute atomic E-state index is 13.2. The van der Waals surface area contributed by atoms with Crippen molar-refractivity contribution in [2.24, 2.45) is 10.7 Å². The summed E-state index contributed by atoms with van der Waals surface area (Å²) in [6.45, 7) is 0. The van der Waals surface area contributed by atoms with Crippen LogP contribution in [0.15, 0.2) is 47.6 Å². The van der Waals surface area contributed by atoms with Gasteiger partial charge in [-0.05, 0) is 35.4 Å². The van der Waals surface area contributed by atoms with Crippen LogP contribution in [0.2, 0.25) is 0 Å². The fourth-order valence-electron chi connectivity index (χ4n) is 2.71. The van der Waals surface area contributed by atoms with E-state index in [4.69, 9.17) is 5.73 Å². The number of nitrogens with two attached hydrogens (primary N) is 1. The Bertz CT molecular complexity index is 861. The lowest BCUT2D eigenvalue weighted by molar-refractivity contribution is 0.629. The number of nitrogens with one attached hydrogen (secondary N) is 1. The zero-order chi connectivity index (χ0) is 13.7. The van der Waals surface area contributed by atoms with Crippen molar-refractivity contribution in [2.45, 2.75) is 6.42 Å². The van der Waals surface area contributed by atoms with Crippen molar-refractivity contribution in [1.29, 1.82) is 0 Å². The van der Waals surface area contributed by atoms with Crippen molar-refractivity contribution in [1.82, 2.24) is 4.98 Å². The SMILES string of the molecule is NC1=Nc2cc(-c3c[nH]c4cc(F)ccc34)ccc2C1. The van der Waals surface area contributed by atoms with Gasteiger partial charge in [-0.25, -0.2) is 9.38 Å². The molecule has 98 valence electrons. The van der Waals surface area contributed by atoms with E-state index >= 15 is 0 Å². The molecule has 2 aromatic carbocycles. The summed E-state index contributed by atoms with van der Waals surface area (Å²) < 4.78 is 13.2. The van der Waals surface area contributed by atoms with Crippen molar-refractivity contribution in [3.05, 3.63) is 54.0 Å². The van der Waals surface area contributed by atoms with Gasteiger partial charge in [0.1, 0.15) is 11.7 Å². The molecule has 3 aromatic rings. The molecule has 0 radical (unpaired) electrons. The minimum atomic E-state index is -0.239. The van der Waals surface area contributed by atoms with E-state index in [9.17, 15) is 4.39 Å². The second-order valence-corrected chi connectivity index (χ2v) is 5.02. The Morgan fingerprint density at radius 2 is 2.05 bits per heavy atom. The molecule has 0 bridgehead atoms. The van der Waals surface area contributed by atoms with E-state index in [0.717, 1.165) is 33.3 Å². The molecule has 1 aromatic heterocycles. The topological polar surface area (TPSA) is 54.2 Å². The summed E-state index contributed by atoms with van der Waals surface area (Å²) in [7, 11) is 0. The molecule has 0 aliphatic carbocycles. The molecule has 0 saturated heterocycles. The van der Waals surface area contributed by atoms with E-state index < -0.39 is 0 Å². The van der Waals surface area contributed by atoms with Gasteiger partial charge in [-0.1, -0.05) is 12.1 Å². The predicted molar refractivity (Wildman–Crippen MR) is 78.7 cm³/mol. The van der Waals surface area contributed by atoms with Gasteiger partial charge in [0.05, 0.1) is 5.69 Å². The molecule has 4 rings (SSSR count). The van der Waals surface area contributed by atoms with Gasteiger partial charge in [-0.3, -0.25) is 0 Å². The molecule has 1 aliphatic heterocycles. The van der Waals surface area contributed by atoms with E-state index in [1.165, 1.54) is 12.1 Å². The summed E-state index contributed by atoms with van der Waals surface area (Å²) in [5, 5.41) is 1.00. The van der Waals surface area contributed by atoms with Gasteiger partial charge in [0.2, 0.25) is 0 Å². The molecule has 0 saturated carbocycles. The van der Waals surface area contributed by atoms with E-state index in [-0.39, 0.29) is 5.82 Å². The number of aromatic nitrogens is 1. The molecular weight excluding hydrogens is 253 g/mol. The average molecular weight is 265 g/mol. The first-order valence-corrected chi connectivity index (χ1v) is 6.44. The normalized spacial score (nSPS) is 13.6. The second kappa shape index (κ2) is 3.93. The molecule has 20 heavy (non-hydrogen) atoms. The van der Waals surface area contributed by atoms with Crippen LogP contribution in [-0.2, 0) is 6.42 Å². The van der Waals surface area contributed by atoms with Crippen LogP contribution in [0.5, 0.6) is 0 Å². The van der Waals surface area contributed by atoms with E-state index in [0.29, 0.717) is 12.3 Å². The largest absolute Gasteiger partial charge is 0.387 e. The third-order valence-corrected chi connectivity index (χ3v) is 3.68. The molecule has 4 heteroatoms. The monoisotopic (exact) mass is 265 g/mol. The smallest absolute Gasteiger partial charge is 0.125 e. The average Bonchev–Trinajstić information content (AvgIpc) is 2.99. The Kier molecular flexibility index (Phi) is 2.21. The molecule has 0 unspecified atom stereocenters. The third kappa shape index (κ3) is 1.61. The first kappa shape index (κ1) is 11.2. The van der Waals surface area contributed by atoms with Gasteiger partial charge in [-0.15, -0.1) is 0 Å². The maximum atomic E-state index is 13.2. The highest BCUT2D eigenvalue weighted by atomic mass is 19.1. The zero-order valence-electron chi connectivity index (χ0n) is 10.7. The van der Waals surface area contributed by atoms with Crippen molar-refractivity contribution in [3.8, 4) is 11.1 Å². The number of aromatic amines is 1. The Balaban J connectivity index is 1.90. The fourth-order valence-corrected chi connectivity index (χ4v) is 2.71. The highest BCUT2D eigenvalue weighted by Gasteiger charge is 2.14. The fraction of sp³-hybridized carbons (Fsp3) is 0.0625. The highest BCUT2D eigenvalue weighted by molar-refractivity contribution is 5.97. The number of hydrogen-bond donors (Lipinski definition) is 2.